The molecule has 1 saturated carbocycles. The van der Waals surface area contributed by atoms with Crippen LogP contribution in [0.4, 0.5) is 5.82 Å². The van der Waals surface area contributed by atoms with Gasteiger partial charge in [0.15, 0.2) is 0 Å². The number of amides is 1. The lowest BCUT2D eigenvalue weighted by Gasteiger charge is -2.35. The van der Waals surface area contributed by atoms with Crippen molar-refractivity contribution in [3.8, 4) is 0 Å². The van der Waals surface area contributed by atoms with Crippen molar-refractivity contribution in [2.24, 2.45) is 0 Å². The van der Waals surface area contributed by atoms with Crippen molar-refractivity contribution >= 4 is 23.3 Å². The highest BCUT2D eigenvalue weighted by Crippen LogP contribution is 2.22. The van der Waals surface area contributed by atoms with Crippen LogP contribution in [0.5, 0.6) is 0 Å². The van der Waals surface area contributed by atoms with Crippen LogP contribution in [0.25, 0.3) is 0 Å². The van der Waals surface area contributed by atoms with Crippen LogP contribution in [0.15, 0.2) is 12.4 Å². The molecule has 1 amide bonds. The third kappa shape index (κ3) is 2.96. The van der Waals surface area contributed by atoms with Gasteiger partial charge in [-0.25, -0.2) is 9.97 Å². The van der Waals surface area contributed by atoms with Crippen LogP contribution in [-0.4, -0.2) is 47.7 Å². The maximum atomic E-state index is 12.2. The number of nitrogens with zero attached hydrogens (tertiary/aromatic N) is 3. The molecule has 102 valence electrons. The van der Waals surface area contributed by atoms with Gasteiger partial charge in [-0.1, -0.05) is 11.6 Å². The van der Waals surface area contributed by atoms with Crippen molar-refractivity contribution < 1.29 is 9.53 Å². The predicted molar refractivity (Wildman–Crippen MR) is 70.2 cm³/mol. The van der Waals surface area contributed by atoms with Crippen LogP contribution in [0.3, 0.4) is 0 Å². The zero-order chi connectivity index (χ0) is 13.2. The van der Waals surface area contributed by atoms with Gasteiger partial charge in [-0.15, -0.1) is 0 Å². The van der Waals surface area contributed by atoms with Gasteiger partial charge < -0.3 is 15.0 Å². The number of rotatable bonds is 3. The van der Waals surface area contributed by atoms with E-state index in [2.05, 4.69) is 15.3 Å². The van der Waals surface area contributed by atoms with Gasteiger partial charge in [-0.2, -0.15) is 0 Å². The molecule has 0 bridgehead atoms. The first-order chi connectivity index (χ1) is 9.24. The van der Waals surface area contributed by atoms with Crippen molar-refractivity contribution in [3.63, 3.8) is 0 Å². The van der Waals surface area contributed by atoms with Crippen molar-refractivity contribution in [1.82, 2.24) is 15.3 Å². The van der Waals surface area contributed by atoms with Crippen LogP contribution in [0.2, 0.25) is 5.15 Å². The standard InChI is InChI=1S/C12H15ClN4O2/c13-10-5-11(15-7-14-10)17-3-4-19-6-9(17)12(18)16-8-1-2-8/h5,7-9H,1-4,6H2,(H,16,18). The molecular formula is C12H15ClN4O2. The van der Waals surface area contributed by atoms with E-state index in [1.165, 1.54) is 6.33 Å². The summed E-state index contributed by atoms with van der Waals surface area (Å²) in [6.45, 7) is 1.57. The number of halogens is 1. The quantitative estimate of drug-likeness (QED) is 0.823. The van der Waals surface area contributed by atoms with Gasteiger partial charge in [0, 0.05) is 18.7 Å². The van der Waals surface area contributed by atoms with Gasteiger partial charge in [-0.05, 0) is 12.8 Å². The fraction of sp³-hybridized carbons (Fsp3) is 0.583. The molecule has 0 radical (unpaired) electrons. The maximum Gasteiger partial charge on any atom is 0.245 e. The van der Waals surface area contributed by atoms with E-state index >= 15 is 0 Å². The first-order valence-corrected chi connectivity index (χ1v) is 6.74. The second kappa shape index (κ2) is 5.30. The van der Waals surface area contributed by atoms with E-state index in [-0.39, 0.29) is 11.9 Å². The molecule has 1 saturated heterocycles. The Morgan fingerprint density at radius 2 is 2.32 bits per heavy atom. The lowest BCUT2D eigenvalue weighted by atomic mass is 10.2. The normalized spacial score (nSPS) is 23.2. The highest BCUT2D eigenvalue weighted by Gasteiger charge is 2.33. The molecule has 1 N–H and O–H groups in total. The summed E-state index contributed by atoms with van der Waals surface area (Å²) in [7, 11) is 0. The Kier molecular flexibility index (Phi) is 3.52. The smallest absolute Gasteiger partial charge is 0.245 e. The molecule has 0 aromatic carbocycles. The maximum absolute atomic E-state index is 12.2. The number of anilines is 1. The predicted octanol–water partition coefficient (Wildman–Crippen LogP) is 0.614. The van der Waals surface area contributed by atoms with E-state index in [1.807, 2.05) is 4.90 Å². The molecule has 1 aliphatic carbocycles. The molecule has 1 aromatic rings. The summed E-state index contributed by atoms with van der Waals surface area (Å²) < 4.78 is 5.41. The second-order valence-corrected chi connectivity index (χ2v) is 5.15. The molecule has 2 fully saturated rings. The lowest BCUT2D eigenvalue weighted by Crippen LogP contribution is -2.54. The Hall–Kier alpha value is -1.40. The second-order valence-electron chi connectivity index (χ2n) is 4.77. The molecule has 2 aliphatic rings. The zero-order valence-corrected chi connectivity index (χ0v) is 11.1. The van der Waals surface area contributed by atoms with Gasteiger partial charge >= 0.3 is 0 Å². The van der Waals surface area contributed by atoms with Crippen LogP contribution in [-0.2, 0) is 9.53 Å². The minimum Gasteiger partial charge on any atom is -0.377 e. The van der Waals surface area contributed by atoms with E-state index in [0.29, 0.717) is 36.8 Å². The molecule has 19 heavy (non-hydrogen) atoms. The molecule has 3 rings (SSSR count). The Morgan fingerprint density at radius 3 is 3.05 bits per heavy atom. The van der Waals surface area contributed by atoms with E-state index in [4.69, 9.17) is 16.3 Å². The molecule has 7 heteroatoms. The van der Waals surface area contributed by atoms with Crippen LogP contribution < -0.4 is 10.2 Å². The molecule has 0 spiro atoms. The summed E-state index contributed by atoms with van der Waals surface area (Å²) in [5.74, 6) is 0.663. The largest absolute Gasteiger partial charge is 0.377 e. The minimum atomic E-state index is -0.347. The third-order valence-corrected chi connectivity index (χ3v) is 3.48. The summed E-state index contributed by atoms with van der Waals surface area (Å²) in [4.78, 5) is 22.2. The van der Waals surface area contributed by atoms with Crippen LogP contribution in [0.1, 0.15) is 12.8 Å². The van der Waals surface area contributed by atoms with Gasteiger partial charge in [0.2, 0.25) is 5.91 Å². The van der Waals surface area contributed by atoms with E-state index < -0.39 is 0 Å². The van der Waals surface area contributed by atoms with Gasteiger partial charge in [0.1, 0.15) is 23.3 Å². The molecule has 6 nitrogen and oxygen atoms in total. The number of ether oxygens (including phenoxy) is 1. The van der Waals surface area contributed by atoms with Gasteiger partial charge in [0.25, 0.3) is 0 Å². The highest BCUT2D eigenvalue weighted by molar-refractivity contribution is 6.29. The summed E-state index contributed by atoms with van der Waals surface area (Å²) in [6.07, 6.45) is 3.54. The van der Waals surface area contributed by atoms with Gasteiger partial charge in [0.05, 0.1) is 13.2 Å². The van der Waals surface area contributed by atoms with Gasteiger partial charge in [-0.3, -0.25) is 4.79 Å². The first kappa shape index (κ1) is 12.6. The van der Waals surface area contributed by atoms with E-state index in [0.717, 1.165) is 12.8 Å². The fourth-order valence-corrected chi connectivity index (χ4v) is 2.24. The van der Waals surface area contributed by atoms with Crippen molar-refractivity contribution in [3.05, 3.63) is 17.5 Å². The zero-order valence-electron chi connectivity index (χ0n) is 10.4. The number of hydrogen-bond donors (Lipinski definition) is 1. The monoisotopic (exact) mass is 282 g/mol. The Morgan fingerprint density at radius 1 is 1.47 bits per heavy atom. The molecule has 1 aromatic heterocycles. The Balaban J connectivity index is 1.77. The first-order valence-electron chi connectivity index (χ1n) is 6.36. The summed E-state index contributed by atoms with van der Waals surface area (Å²) in [6, 6.07) is 1.66. The summed E-state index contributed by atoms with van der Waals surface area (Å²) in [5, 5.41) is 3.37. The third-order valence-electron chi connectivity index (χ3n) is 3.27. The Labute approximate surface area is 116 Å². The average Bonchev–Trinajstić information content (AvgIpc) is 3.23. The van der Waals surface area contributed by atoms with E-state index in [1.54, 1.807) is 6.07 Å². The SMILES string of the molecule is O=C(NC1CC1)C1COCCN1c1cc(Cl)ncn1. The fourth-order valence-electron chi connectivity index (χ4n) is 2.10. The van der Waals surface area contributed by atoms with Crippen molar-refractivity contribution in [1.29, 1.82) is 0 Å². The number of morpholine rings is 1. The molecular weight excluding hydrogens is 268 g/mol. The number of aromatic nitrogens is 2. The average molecular weight is 283 g/mol. The highest BCUT2D eigenvalue weighted by atomic mass is 35.5. The Bertz CT molecular complexity index is 481. The van der Waals surface area contributed by atoms with E-state index in [9.17, 15) is 4.79 Å². The molecule has 1 atom stereocenters. The minimum absolute atomic E-state index is 0.00284. The van der Waals surface area contributed by atoms with Crippen molar-refractivity contribution in [2.75, 3.05) is 24.7 Å². The topological polar surface area (TPSA) is 67.3 Å². The number of carbonyl (C=O) groups excluding carboxylic acids is 1. The number of carbonyl (C=O) groups is 1. The lowest BCUT2D eigenvalue weighted by molar-refractivity contribution is -0.124. The molecule has 2 heterocycles. The number of hydrogen-bond acceptors (Lipinski definition) is 5. The van der Waals surface area contributed by atoms with Crippen LogP contribution >= 0.6 is 11.6 Å². The number of nitrogens with one attached hydrogen (secondary N) is 1. The van der Waals surface area contributed by atoms with Crippen molar-refractivity contribution in [2.45, 2.75) is 24.9 Å². The summed E-state index contributed by atoms with van der Waals surface area (Å²) >= 11 is 5.88. The summed E-state index contributed by atoms with van der Waals surface area (Å²) in [5.41, 5.74) is 0. The van der Waals surface area contributed by atoms with Crippen LogP contribution in [0, 0.1) is 0 Å². The molecule has 1 aliphatic heterocycles. The molecule has 1 unspecified atom stereocenters.